The maximum Gasteiger partial charge on any atom is 0.573 e. The fraction of sp³-hybridized carbons (Fsp3) is 0.250. The van der Waals surface area contributed by atoms with Gasteiger partial charge in [0.2, 0.25) is 0 Å². The zero-order valence-electron chi connectivity index (χ0n) is 7.50. The van der Waals surface area contributed by atoms with E-state index in [0.717, 1.165) is 12.3 Å². The monoisotopic (exact) mass is 221 g/mol. The molecule has 1 heterocycles. The number of halogens is 3. The van der Waals surface area contributed by atoms with E-state index in [4.69, 9.17) is 5.11 Å². The number of aromatic nitrogens is 1. The molecule has 7 heteroatoms. The number of carboxylic acid groups (broad SMARTS) is 1. The van der Waals surface area contributed by atoms with Gasteiger partial charge in [-0.25, -0.2) is 9.78 Å². The summed E-state index contributed by atoms with van der Waals surface area (Å²) in [7, 11) is 0. The van der Waals surface area contributed by atoms with Gasteiger partial charge >= 0.3 is 12.3 Å². The van der Waals surface area contributed by atoms with Gasteiger partial charge in [0.25, 0.3) is 0 Å². The molecule has 0 unspecified atom stereocenters. The van der Waals surface area contributed by atoms with Crippen LogP contribution >= 0.6 is 0 Å². The van der Waals surface area contributed by atoms with Gasteiger partial charge in [-0.15, -0.1) is 13.2 Å². The highest BCUT2D eigenvalue weighted by Gasteiger charge is 2.32. The molecule has 4 nitrogen and oxygen atoms in total. The first-order chi connectivity index (χ1) is 6.79. The number of hydrogen-bond donors (Lipinski definition) is 1. The lowest BCUT2D eigenvalue weighted by Gasteiger charge is -2.10. The molecule has 0 aromatic carbocycles. The fourth-order valence-electron chi connectivity index (χ4n) is 0.892. The van der Waals surface area contributed by atoms with Crippen LogP contribution in [-0.2, 0) is 0 Å². The van der Waals surface area contributed by atoms with Crippen LogP contribution in [0.5, 0.6) is 5.75 Å². The summed E-state index contributed by atoms with van der Waals surface area (Å²) < 4.78 is 39.1. The van der Waals surface area contributed by atoms with E-state index >= 15 is 0 Å². The van der Waals surface area contributed by atoms with E-state index in [1.165, 1.54) is 6.92 Å². The van der Waals surface area contributed by atoms with E-state index in [9.17, 15) is 18.0 Å². The fourth-order valence-corrected chi connectivity index (χ4v) is 0.892. The van der Waals surface area contributed by atoms with Gasteiger partial charge in [0.05, 0.1) is 6.20 Å². The summed E-state index contributed by atoms with van der Waals surface area (Å²) >= 11 is 0. The largest absolute Gasteiger partial charge is 0.573 e. The number of nitrogens with zero attached hydrogens (tertiary/aromatic N) is 1. The number of pyridine rings is 1. The van der Waals surface area contributed by atoms with E-state index < -0.39 is 18.1 Å². The predicted octanol–water partition coefficient (Wildman–Crippen LogP) is 1.99. The smallest absolute Gasteiger partial charge is 0.477 e. The molecule has 0 fully saturated rings. The molecule has 0 aliphatic rings. The Morgan fingerprint density at radius 3 is 2.53 bits per heavy atom. The van der Waals surface area contributed by atoms with Crippen molar-refractivity contribution in [2.45, 2.75) is 13.3 Å². The van der Waals surface area contributed by atoms with E-state index in [-0.39, 0.29) is 11.3 Å². The Labute approximate surface area is 82.3 Å². The standard InChI is InChI=1S/C8H6F3NO3/c1-4-2-5(7(13)14)12-3-6(4)15-8(9,10)11/h2-3H,1H3,(H,13,14). The molecule has 0 atom stereocenters. The third-order valence-electron chi connectivity index (χ3n) is 1.51. The summed E-state index contributed by atoms with van der Waals surface area (Å²) in [6.07, 6.45) is -4.08. The number of hydrogen-bond acceptors (Lipinski definition) is 3. The van der Waals surface area contributed by atoms with Gasteiger partial charge in [-0.05, 0) is 18.6 Å². The van der Waals surface area contributed by atoms with Gasteiger partial charge in [0.15, 0.2) is 5.75 Å². The van der Waals surface area contributed by atoms with Crippen molar-refractivity contribution in [3.8, 4) is 5.75 Å². The molecular formula is C8H6F3NO3. The highest BCUT2D eigenvalue weighted by molar-refractivity contribution is 5.85. The van der Waals surface area contributed by atoms with Crippen LogP contribution in [0.4, 0.5) is 13.2 Å². The molecule has 1 aromatic heterocycles. The third-order valence-corrected chi connectivity index (χ3v) is 1.51. The lowest BCUT2D eigenvalue weighted by Crippen LogP contribution is -2.18. The lowest BCUT2D eigenvalue weighted by atomic mass is 10.2. The van der Waals surface area contributed by atoms with Gasteiger partial charge in [-0.1, -0.05) is 0 Å². The normalized spacial score (nSPS) is 11.2. The highest BCUT2D eigenvalue weighted by atomic mass is 19.4. The number of rotatable bonds is 2. The Kier molecular flexibility index (Phi) is 2.83. The number of carboxylic acids is 1. The van der Waals surface area contributed by atoms with Crippen molar-refractivity contribution in [3.05, 3.63) is 23.5 Å². The second-order valence-corrected chi connectivity index (χ2v) is 2.69. The minimum Gasteiger partial charge on any atom is -0.477 e. The third kappa shape index (κ3) is 3.12. The minimum atomic E-state index is -4.81. The Hall–Kier alpha value is -1.79. The molecule has 82 valence electrons. The average Bonchev–Trinajstić information content (AvgIpc) is 2.05. The predicted molar refractivity (Wildman–Crippen MR) is 42.6 cm³/mol. The highest BCUT2D eigenvalue weighted by Crippen LogP contribution is 2.25. The molecule has 0 amide bonds. The van der Waals surface area contributed by atoms with Crippen molar-refractivity contribution >= 4 is 5.97 Å². The Morgan fingerprint density at radius 1 is 1.53 bits per heavy atom. The Morgan fingerprint density at radius 2 is 2.13 bits per heavy atom. The van der Waals surface area contributed by atoms with E-state index in [1.807, 2.05) is 0 Å². The summed E-state index contributed by atoms with van der Waals surface area (Å²) in [5, 5.41) is 8.51. The quantitative estimate of drug-likeness (QED) is 0.829. The van der Waals surface area contributed by atoms with Crippen molar-refractivity contribution < 1.29 is 27.8 Å². The summed E-state index contributed by atoms with van der Waals surface area (Å²) in [6.45, 7) is 1.30. The molecule has 1 N–H and O–H groups in total. The molecule has 0 saturated heterocycles. The molecule has 0 aliphatic carbocycles. The SMILES string of the molecule is Cc1cc(C(=O)O)ncc1OC(F)(F)F. The van der Waals surface area contributed by atoms with E-state index in [0.29, 0.717) is 0 Å². The van der Waals surface area contributed by atoms with Crippen LogP contribution in [0.2, 0.25) is 0 Å². The van der Waals surface area contributed by atoms with Crippen molar-refractivity contribution in [2.75, 3.05) is 0 Å². The summed E-state index contributed by atoms with van der Waals surface area (Å²) in [4.78, 5) is 13.7. The van der Waals surface area contributed by atoms with Crippen molar-refractivity contribution in [3.63, 3.8) is 0 Å². The summed E-state index contributed by atoms with van der Waals surface area (Å²) in [5.74, 6) is -1.82. The van der Waals surface area contributed by atoms with Crippen LogP contribution < -0.4 is 4.74 Å². The van der Waals surface area contributed by atoms with Crippen molar-refractivity contribution in [1.82, 2.24) is 4.98 Å². The van der Waals surface area contributed by atoms with Crippen LogP contribution in [0.25, 0.3) is 0 Å². The minimum absolute atomic E-state index is 0.0553. The Bertz CT molecular complexity index is 389. The van der Waals surface area contributed by atoms with Crippen LogP contribution in [0.15, 0.2) is 12.3 Å². The number of aromatic carboxylic acids is 1. The van der Waals surface area contributed by atoms with Crippen molar-refractivity contribution in [1.29, 1.82) is 0 Å². The first kappa shape index (κ1) is 11.3. The molecular weight excluding hydrogens is 215 g/mol. The number of aryl methyl sites for hydroxylation is 1. The molecule has 1 rings (SSSR count). The first-order valence-electron chi connectivity index (χ1n) is 3.75. The Balaban J connectivity index is 2.99. The van der Waals surface area contributed by atoms with E-state index in [2.05, 4.69) is 9.72 Å². The topological polar surface area (TPSA) is 59.4 Å². The number of ether oxygens (including phenoxy) is 1. The molecule has 0 spiro atoms. The zero-order valence-corrected chi connectivity index (χ0v) is 7.50. The van der Waals surface area contributed by atoms with Crippen LogP contribution in [0.1, 0.15) is 16.1 Å². The van der Waals surface area contributed by atoms with Gasteiger partial charge in [-0.3, -0.25) is 0 Å². The first-order valence-corrected chi connectivity index (χ1v) is 3.75. The molecule has 0 aliphatic heterocycles. The van der Waals surface area contributed by atoms with Gasteiger partial charge in [-0.2, -0.15) is 0 Å². The second-order valence-electron chi connectivity index (χ2n) is 2.69. The van der Waals surface area contributed by atoms with Crippen molar-refractivity contribution in [2.24, 2.45) is 0 Å². The van der Waals surface area contributed by atoms with Gasteiger partial charge in [0, 0.05) is 0 Å². The maximum absolute atomic E-state index is 11.8. The van der Waals surface area contributed by atoms with Crippen LogP contribution in [0.3, 0.4) is 0 Å². The molecule has 0 radical (unpaired) electrons. The van der Waals surface area contributed by atoms with Crippen LogP contribution in [-0.4, -0.2) is 22.4 Å². The molecule has 0 bridgehead atoms. The van der Waals surface area contributed by atoms with Crippen LogP contribution in [0, 0.1) is 6.92 Å². The molecule has 1 aromatic rings. The summed E-state index contributed by atoms with van der Waals surface area (Å²) in [5.41, 5.74) is -0.276. The number of alkyl halides is 3. The van der Waals surface area contributed by atoms with E-state index in [1.54, 1.807) is 0 Å². The molecule has 0 saturated carbocycles. The zero-order chi connectivity index (χ0) is 11.6. The second kappa shape index (κ2) is 3.76. The van der Waals surface area contributed by atoms with Gasteiger partial charge < -0.3 is 9.84 Å². The molecule has 15 heavy (non-hydrogen) atoms. The van der Waals surface area contributed by atoms with Gasteiger partial charge in [0.1, 0.15) is 5.69 Å². The number of carbonyl (C=O) groups is 1. The summed E-state index contributed by atoms with van der Waals surface area (Å²) in [6, 6.07) is 1.00. The average molecular weight is 221 g/mol. The lowest BCUT2D eigenvalue weighted by molar-refractivity contribution is -0.275. The maximum atomic E-state index is 11.8.